The summed E-state index contributed by atoms with van der Waals surface area (Å²) in [6.45, 7) is 6.11. The molecule has 5 amide bonds. The number of amides is 5. The van der Waals surface area contributed by atoms with Gasteiger partial charge in [0.25, 0.3) is 11.8 Å². The first-order chi connectivity index (χ1) is 30.7. The molecule has 4 heterocycles. The number of likely N-dealkylation sites (N-methyl/N-ethyl adjacent to an activating group) is 1. The molecule has 17 nitrogen and oxygen atoms in total. The van der Waals surface area contributed by atoms with E-state index >= 15 is 0 Å². The lowest BCUT2D eigenvalue weighted by molar-refractivity contribution is -0.137. The number of methoxy groups -OCH3 is 1. The number of nitrogens with zero attached hydrogens (tertiary/aromatic N) is 5. The van der Waals surface area contributed by atoms with Crippen LogP contribution in [0.15, 0.2) is 42.6 Å². The summed E-state index contributed by atoms with van der Waals surface area (Å²) in [5.74, 6) is 6.76. The Labute approximate surface area is 368 Å². The van der Waals surface area contributed by atoms with Crippen LogP contribution in [0.4, 0.5) is 23.1 Å². The summed E-state index contributed by atoms with van der Waals surface area (Å²) < 4.78 is 17.1. The van der Waals surface area contributed by atoms with Gasteiger partial charge in [-0.05, 0) is 68.0 Å². The molecule has 1 aromatic heterocycles. The minimum absolute atomic E-state index is 0.0624. The summed E-state index contributed by atoms with van der Waals surface area (Å²) in [6.07, 6.45) is 8.43. The molecule has 2 atom stereocenters. The highest BCUT2D eigenvalue weighted by molar-refractivity contribution is 6.06. The Balaban J connectivity index is 0.759. The third-order valence-electron chi connectivity index (χ3n) is 11.9. The number of carbonyl (C=O) groups excluding carboxylic acids is 5. The van der Waals surface area contributed by atoms with Crippen molar-refractivity contribution in [3.8, 4) is 17.6 Å². The van der Waals surface area contributed by atoms with Gasteiger partial charge >= 0.3 is 0 Å². The van der Waals surface area contributed by atoms with E-state index in [-0.39, 0.29) is 48.7 Å². The Morgan fingerprint density at radius 2 is 1.78 bits per heavy atom. The Bertz CT molecular complexity index is 2240. The first-order valence-corrected chi connectivity index (χ1v) is 22.0. The topological polar surface area (TPSA) is 197 Å². The van der Waals surface area contributed by atoms with Crippen LogP contribution in [-0.2, 0) is 30.4 Å². The second-order valence-electron chi connectivity index (χ2n) is 16.0. The molecule has 0 bridgehead atoms. The van der Waals surface area contributed by atoms with Crippen LogP contribution in [0, 0.1) is 11.8 Å². The van der Waals surface area contributed by atoms with Crippen LogP contribution in [0.5, 0.6) is 5.75 Å². The normalized spacial score (nSPS) is 18.5. The number of anilines is 4. The van der Waals surface area contributed by atoms with Gasteiger partial charge in [0.1, 0.15) is 23.5 Å². The van der Waals surface area contributed by atoms with Crippen LogP contribution in [0.3, 0.4) is 0 Å². The Morgan fingerprint density at radius 3 is 2.54 bits per heavy atom. The van der Waals surface area contributed by atoms with Crippen molar-refractivity contribution in [2.75, 3.05) is 75.3 Å². The van der Waals surface area contributed by atoms with Gasteiger partial charge in [0, 0.05) is 75.4 Å². The van der Waals surface area contributed by atoms with Crippen LogP contribution in [-0.4, -0.2) is 123 Å². The summed E-state index contributed by atoms with van der Waals surface area (Å²) >= 11 is 0. The lowest BCUT2D eigenvalue weighted by Crippen LogP contribution is -2.55. The van der Waals surface area contributed by atoms with Gasteiger partial charge in [-0.1, -0.05) is 37.7 Å². The number of ether oxygens (including phenoxy) is 3. The Hall–Kier alpha value is -6.09. The lowest BCUT2D eigenvalue weighted by Gasteiger charge is -2.43. The number of hydrogen-bond donors (Lipinski definition) is 4. The van der Waals surface area contributed by atoms with Crippen molar-refractivity contribution in [2.24, 2.45) is 0 Å². The van der Waals surface area contributed by atoms with Gasteiger partial charge in [-0.3, -0.25) is 29.3 Å². The average Bonchev–Trinajstić information content (AvgIpc) is 3.94. The first-order valence-electron chi connectivity index (χ1n) is 22.0. The molecule has 334 valence electrons. The van der Waals surface area contributed by atoms with Crippen LogP contribution in [0.25, 0.3) is 0 Å². The number of piperidine rings is 1. The molecule has 4 aliphatic rings. The maximum absolute atomic E-state index is 13.2. The van der Waals surface area contributed by atoms with E-state index in [0.717, 1.165) is 42.6 Å². The molecule has 63 heavy (non-hydrogen) atoms. The van der Waals surface area contributed by atoms with Crippen molar-refractivity contribution in [3.63, 3.8) is 0 Å². The molecule has 4 N–H and O–H groups in total. The van der Waals surface area contributed by atoms with Gasteiger partial charge in [0.2, 0.25) is 23.7 Å². The molecule has 1 saturated heterocycles. The summed E-state index contributed by atoms with van der Waals surface area (Å²) in [7, 11) is 3.33. The fraction of sp³-hybridized carbons (Fsp3) is 0.500. The van der Waals surface area contributed by atoms with E-state index in [0.29, 0.717) is 106 Å². The predicted molar refractivity (Wildman–Crippen MR) is 236 cm³/mol. The van der Waals surface area contributed by atoms with E-state index < -0.39 is 11.9 Å². The fourth-order valence-corrected chi connectivity index (χ4v) is 8.58. The molecular weight excluding hydrogens is 807 g/mol. The second-order valence-corrected chi connectivity index (χ2v) is 16.0. The van der Waals surface area contributed by atoms with Gasteiger partial charge in [-0.2, -0.15) is 4.98 Å². The lowest BCUT2D eigenvalue weighted by atomic mass is 10.0. The molecule has 1 unspecified atom stereocenters. The highest BCUT2D eigenvalue weighted by Crippen LogP contribution is 2.40. The quantitative estimate of drug-likeness (QED) is 0.0775. The molecule has 3 aromatic rings. The zero-order valence-electron chi connectivity index (χ0n) is 36.3. The maximum Gasteiger partial charge on any atom is 0.255 e. The third kappa shape index (κ3) is 10.6. The van der Waals surface area contributed by atoms with Gasteiger partial charge in [-0.15, -0.1) is 0 Å². The van der Waals surface area contributed by atoms with Crippen molar-refractivity contribution < 1.29 is 38.2 Å². The molecule has 2 fully saturated rings. The molecule has 1 saturated carbocycles. The van der Waals surface area contributed by atoms with E-state index in [1.165, 1.54) is 4.90 Å². The summed E-state index contributed by atoms with van der Waals surface area (Å²) in [6, 6.07) is 9.93. The molecule has 2 aromatic carbocycles. The van der Waals surface area contributed by atoms with E-state index in [9.17, 15) is 24.0 Å². The number of nitrogens with one attached hydrogen (secondary N) is 4. The van der Waals surface area contributed by atoms with E-state index in [1.807, 2.05) is 13.0 Å². The molecule has 0 radical (unpaired) electrons. The van der Waals surface area contributed by atoms with Gasteiger partial charge in [-0.25, -0.2) is 4.98 Å². The molecular formula is C46H57N9O8. The summed E-state index contributed by atoms with van der Waals surface area (Å²) in [5.41, 5.74) is 3.87. The van der Waals surface area contributed by atoms with Crippen molar-refractivity contribution in [2.45, 2.75) is 89.4 Å². The minimum Gasteiger partial charge on any atom is -0.495 e. The number of fused-ring (bicyclic) bond motifs is 2. The smallest absolute Gasteiger partial charge is 0.255 e. The highest BCUT2D eigenvalue weighted by atomic mass is 16.5. The highest BCUT2D eigenvalue weighted by Gasteiger charge is 2.42. The van der Waals surface area contributed by atoms with Gasteiger partial charge in [0.15, 0.2) is 5.82 Å². The number of rotatable bonds is 19. The number of hydrogen-bond acceptors (Lipinski definition) is 13. The van der Waals surface area contributed by atoms with Crippen LogP contribution >= 0.6 is 0 Å². The second kappa shape index (κ2) is 21.3. The SMILES string of the molecule is CC[C@@H]1C(=O)N(C)c2cnc(Nc3ccc(C(=O)NCCCOCCNCCOCCC#Cc4cccc5c4CN(C4CCC(=O)NC4=O)C5=O)cc3OC)nc2N1C1CCCC1. The summed E-state index contributed by atoms with van der Waals surface area (Å²) in [5, 5.41) is 11.8. The van der Waals surface area contributed by atoms with Gasteiger partial charge in [0.05, 0.1) is 38.8 Å². The Morgan fingerprint density at radius 1 is 0.984 bits per heavy atom. The van der Waals surface area contributed by atoms with E-state index in [1.54, 1.807) is 55.6 Å². The zero-order valence-corrected chi connectivity index (χ0v) is 36.3. The maximum atomic E-state index is 13.2. The fourth-order valence-electron chi connectivity index (χ4n) is 8.58. The molecule has 1 aliphatic carbocycles. The third-order valence-corrected chi connectivity index (χ3v) is 11.9. The van der Waals surface area contributed by atoms with E-state index in [4.69, 9.17) is 19.2 Å². The number of benzene rings is 2. The van der Waals surface area contributed by atoms with Crippen LogP contribution < -0.4 is 35.8 Å². The number of aromatic nitrogens is 2. The number of carbonyl (C=O) groups is 5. The van der Waals surface area contributed by atoms with Crippen molar-refractivity contribution >= 4 is 52.7 Å². The molecule has 17 heteroatoms. The monoisotopic (exact) mass is 863 g/mol. The number of imide groups is 1. The Kier molecular flexibility index (Phi) is 15.2. The van der Waals surface area contributed by atoms with E-state index in [2.05, 4.69) is 43.0 Å². The minimum atomic E-state index is -0.658. The molecule has 3 aliphatic heterocycles. The first kappa shape index (κ1) is 44.9. The molecule has 7 rings (SSSR count). The van der Waals surface area contributed by atoms with Crippen LogP contribution in [0.2, 0.25) is 0 Å². The van der Waals surface area contributed by atoms with Crippen molar-refractivity contribution in [1.29, 1.82) is 0 Å². The zero-order chi connectivity index (χ0) is 44.3. The molecule has 0 spiro atoms. The van der Waals surface area contributed by atoms with Crippen molar-refractivity contribution in [3.05, 3.63) is 64.8 Å². The van der Waals surface area contributed by atoms with Crippen molar-refractivity contribution in [1.82, 2.24) is 30.8 Å². The van der Waals surface area contributed by atoms with Gasteiger partial charge < -0.3 is 44.9 Å². The van der Waals surface area contributed by atoms with Crippen LogP contribution in [0.1, 0.15) is 96.6 Å². The average molecular weight is 864 g/mol. The summed E-state index contributed by atoms with van der Waals surface area (Å²) in [4.78, 5) is 78.0. The largest absolute Gasteiger partial charge is 0.495 e. The standard InChI is InChI=1S/C46H57N9O8/c1-4-36-45(60)53(2)38-28-49-46(52-41(38)55(36)32-13-5-6-14-32)50-35-17-16-31(27-39(35)61-3)42(57)48-20-10-24-63-26-22-47-21-25-62-23-8-7-11-30-12-9-15-33-34(30)29-54(44(33)59)37-18-19-40(56)51-43(37)58/h9,12,15-17,27-28,32,36-37,47H,4-6,8,10,13-14,18-26,29H2,1-3H3,(H,48,57)(H,49,50,52)(H,51,56,58)/t36-,37?/m1/s1. The predicted octanol–water partition coefficient (Wildman–Crippen LogP) is 3.68.